The van der Waals surface area contributed by atoms with Crippen molar-refractivity contribution in [2.75, 3.05) is 20.8 Å². The van der Waals surface area contributed by atoms with Crippen LogP contribution in [0, 0.1) is 16.7 Å². The summed E-state index contributed by atoms with van der Waals surface area (Å²) in [5.74, 6) is 0. The molecule has 0 aromatic heterocycles. The first-order valence-corrected chi connectivity index (χ1v) is 6.31. The van der Waals surface area contributed by atoms with Gasteiger partial charge in [0, 0.05) is 26.1 Å². The lowest BCUT2D eigenvalue weighted by molar-refractivity contribution is -0.222. The fourth-order valence-corrected chi connectivity index (χ4v) is 2.35. The molecule has 1 aliphatic heterocycles. The van der Waals surface area contributed by atoms with Crippen LogP contribution in [-0.2, 0) is 14.2 Å². The molecule has 0 bridgehead atoms. The first-order chi connectivity index (χ1) is 8.88. The van der Waals surface area contributed by atoms with Crippen molar-refractivity contribution in [1.82, 2.24) is 0 Å². The summed E-state index contributed by atoms with van der Waals surface area (Å²) in [4.78, 5) is 0. The molecule has 0 aromatic carbocycles. The molecule has 1 fully saturated rings. The number of nitriles is 1. The van der Waals surface area contributed by atoms with Crippen molar-refractivity contribution in [3.8, 4) is 6.07 Å². The molecular formula is C13H23NO5. The minimum Gasteiger partial charge on any atom is -0.390 e. The Morgan fingerprint density at radius 3 is 2.47 bits per heavy atom. The smallest absolute Gasteiger partial charge is 0.172 e. The van der Waals surface area contributed by atoms with Crippen molar-refractivity contribution in [2.45, 2.75) is 50.8 Å². The summed E-state index contributed by atoms with van der Waals surface area (Å²) in [5.41, 5.74) is -0.669. The van der Waals surface area contributed by atoms with Crippen molar-refractivity contribution >= 4 is 0 Å². The highest BCUT2D eigenvalue weighted by molar-refractivity contribution is 5.04. The minimum atomic E-state index is -1.19. The van der Waals surface area contributed by atoms with Crippen molar-refractivity contribution in [1.29, 1.82) is 5.26 Å². The van der Waals surface area contributed by atoms with Gasteiger partial charge < -0.3 is 24.4 Å². The third-order valence-corrected chi connectivity index (χ3v) is 3.83. The summed E-state index contributed by atoms with van der Waals surface area (Å²) < 4.78 is 15.9. The SMILES string of the molecule is COC[C@H](C[C@H]1O[C@H](C#N)[C@H](O)[C@H](O)C1(C)C)OC. The van der Waals surface area contributed by atoms with E-state index in [1.54, 1.807) is 28.1 Å². The van der Waals surface area contributed by atoms with Gasteiger partial charge in [0.1, 0.15) is 6.10 Å². The molecule has 0 spiro atoms. The van der Waals surface area contributed by atoms with Crippen LogP contribution in [0.2, 0.25) is 0 Å². The Hall–Kier alpha value is -0.710. The number of hydrogen-bond donors (Lipinski definition) is 2. The van der Waals surface area contributed by atoms with E-state index in [9.17, 15) is 10.2 Å². The summed E-state index contributed by atoms with van der Waals surface area (Å²) in [6.07, 6.45) is -3.32. The number of rotatable bonds is 5. The Morgan fingerprint density at radius 2 is 2.00 bits per heavy atom. The van der Waals surface area contributed by atoms with Crippen molar-refractivity contribution in [3.63, 3.8) is 0 Å². The molecule has 0 saturated carbocycles. The van der Waals surface area contributed by atoms with E-state index in [4.69, 9.17) is 19.5 Å². The highest BCUT2D eigenvalue weighted by atomic mass is 16.5. The van der Waals surface area contributed by atoms with Crippen LogP contribution >= 0.6 is 0 Å². The maximum atomic E-state index is 10.1. The number of aliphatic hydroxyl groups is 2. The maximum absolute atomic E-state index is 10.1. The van der Waals surface area contributed by atoms with Crippen LogP contribution in [0.15, 0.2) is 0 Å². The van der Waals surface area contributed by atoms with E-state index in [0.717, 1.165) is 0 Å². The topological polar surface area (TPSA) is 91.9 Å². The van der Waals surface area contributed by atoms with Gasteiger partial charge in [-0.1, -0.05) is 13.8 Å². The number of nitrogens with zero attached hydrogens (tertiary/aromatic N) is 1. The van der Waals surface area contributed by atoms with E-state index in [-0.39, 0.29) is 6.10 Å². The normalized spacial score (nSPS) is 35.6. The van der Waals surface area contributed by atoms with Gasteiger partial charge >= 0.3 is 0 Å². The molecule has 2 N–H and O–H groups in total. The molecule has 19 heavy (non-hydrogen) atoms. The van der Waals surface area contributed by atoms with Crippen molar-refractivity contribution < 1.29 is 24.4 Å². The van der Waals surface area contributed by atoms with Crippen LogP contribution in [0.4, 0.5) is 0 Å². The second kappa shape index (κ2) is 6.64. The fraction of sp³-hybridized carbons (Fsp3) is 0.923. The predicted molar refractivity (Wildman–Crippen MR) is 67.4 cm³/mol. The quantitative estimate of drug-likeness (QED) is 0.737. The fourth-order valence-electron chi connectivity index (χ4n) is 2.35. The molecule has 0 aromatic rings. The molecule has 1 saturated heterocycles. The largest absolute Gasteiger partial charge is 0.390 e. The van der Waals surface area contributed by atoms with E-state index in [1.807, 2.05) is 6.07 Å². The zero-order valence-corrected chi connectivity index (χ0v) is 11.9. The van der Waals surface area contributed by atoms with Gasteiger partial charge in [-0.15, -0.1) is 0 Å². The summed E-state index contributed by atoms with van der Waals surface area (Å²) >= 11 is 0. The molecule has 5 atom stereocenters. The van der Waals surface area contributed by atoms with Gasteiger partial charge in [-0.2, -0.15) is 5.26 Å². The van der Waals surface area contributed by atoms with Crippen LogP contribution in [-0.4, -0.2) is 61.6 Å². The zero-order chi connectivity index (χ0) is 14.6. The second-order valence-corrected chi connectivity index (χ2v) is 5.48. The molecule has 1 rings (SSSR count). The standard InChI is InChI=1S/C13H23NO5/c1-13(2)10(5-8(18-4)7-17-3)19-9(6-14)11(15)12(13)16/h8-12,15-16H,5,7H2,1-4H3/t8-,9+,10+,11-,12-/m0/s1. The van der Waals surface area contributed by atoms with Gasteiger partial charge in [0.05, 0.1) is 31.0 Å². The number of methoxy groups -OCH3 is 2. The molecule has 110 valence electrons. The van der Waals surface area contributed by atoms with Gasteiger partial charge in [0.2, 0.25) is 0 Å². The van der Waals surface area contributed by atoms with Crippen molar-refractivity contribution in [3.05, 3.63) is 0 Å². The molecule has 1 heterocycles. The third-order valence-electron chi connectivity index (χ3n) is 3.83. The highest BCUT2D eigenvalue weighted by Gasteiger charge is 2.50. The average Bonchev–Trinajstić information content (AvgIpc) is 2.38. The summed E-state index contributed by atoms with van der Waals surface area (Å²) in [6.45, 7) is 4.01. The van der Waals surface area contributed by atoms with E-state index in [2.05, 4.69) is 0 Å². The van der Waals surface area contributed by atoms with Gasteiger partial charge in [-0.25, -0.2) is 0 Å². The van der Waals surface area contributed by atoms with Crippen LogP contribution < -0.4 is 0 Å². The van der Waals surface area contributed by atoms with Crippen LogP contribution in [0.5, 0.6) is 0 Å². The first-order valence-electron chi connectivity index (χ1n) is 6.31. The highest BCUT2D eigenvalue weighted by Crippen LogP contribution is 2.38. The Morgan fingerprint density at radius 1 is 1.37 bits per heavy atom. The monoisotopic (exact) mass is 273 g/mol. The first kappa shape index (κ1) is 16.3. The lowest BCUT2D eigenvalue weighted by atomic mass is 9.73. The zero-order valence-electron chi connectivity index (χ0n) is 11.9. The Bertz CT molecular complexity index is 327. The lowest BCUT2D eigenvalue weighted by Gasteiger charge is -2.47. The summed E-state index contributed by atoms with van der Waals surface area (Å²) in [6, 6.07) is 1.87. The number of hydrogen-bond acceptors (Lipinski definition) is 6. The van der Waals surface area contributed by atoms with Gasteiger partial charge in [0.15, 0.2) is 6.10 Å². The second-order valence-electron chi connectivity index (χ2n) is 5.48. The van der Waals surface area contributed by atoms with E-state index in [0.29, 0.717) is 13.0 Å². The van der Waals surface area contributed by atoms with E-state index in [1.165, 1.54) is 0 Å². The Labute approximate surface area is 113 Å². The average molecular weight is 273 g/mol. The lowest BCUT2D eigenvalue weighted by Crippen LogP contribution is -2.59. The molecular weight excluding hydrogens is 250 g/mol. The van der Waals surface area contributed by atoms with Crippen LogP contribution in [0.25, 0.3) is 0 Å². The molecule has 6 heteroatoms. The maximum Gasteiger partial charge on any atom is 0.172 e. The molecule has 6 nitrogen and oxygen atoms in total. The van der Waals surface area contributed by atoms with E-state index < -0.39 is 29.8 Å². The molecule has 0 radical (unpaired) electrons. The van der Waals surface area contributed by atoms with Gasteiger partial charge in [-0.3, -0.25) is 0 Å². The summed E-state index contributed by atoms with van der Waals surface area (Å²) in [7, 11) is 3.15. The molecule has 0 aliphatic carbocycles. The molecule has 1 aliphatic rings. The predicted octanol–water partition coefficient (Wildman–Crippen LogP) is 0.0769. The Balaban J connectivity index is 2.83. The Kier molecular flexibility index (Phi) is 5.71. The summed E-state index contributed by atoms with van der Waals surface area (Å²) in [5, 5.41) is 28.9. The third kappa shape index (κ3) is 3.44. The molecule has 0 unspecified atom stereocenters. The molecule has 0 amide bonds. The van der Waals surface area contributed by atoms with Crippen molar-refractivity contribution in [2.24, 2.45) is 5.41 Å². The van der Waals surface area contributed by atoms with Gasteiger partial charge in [0.25, 0.3) is 0 Å². The van der Waals surface area contributed by atoms with E-state index >= 15 is 0 Å². The van der Waals surface area contributed by atoms with Gasteiger partial charge in [-0.05, 0) is 0 Å². The van der Waals surface area contributed by atoms with Crippen LogP contribution in [0.1, 0.15) is 20.3 Å². The van der Waals surface area contributed by atoms with Crippen LogP contribution in [0.3, 0.4) is 0 Å². The number of aliphatic hydroxyl groups excluding tert-OH is 2. The minimum absolute atomic E-state index is 0.184. The number of ether oxygens (including phenoxy) is 3.